The van der Waals surface area contributed by atoms with E-state index in [0.29, 0.717) is 25.9 Å². The zero-order valence-electron chi connectivity index (χ0n) is 14.5. The molecule has 0 radical (unpaired) electrons. The molecule has 2 heterocycles. The summed E-state index contributed by atoms with van der Waals surface area (Å²) >= 11 is 0. The van der Waals surface area contributed by atoms with Crippen LogP contribution in [0.4, 0.5) is 0 Å². The van der Waals surface area contributed by atoms with Crippen LogP contribution in [0.3, 0.4) is 0 Å². The Hall–Kier alpha value is -2.40. The van der Waals surface area contributed by atoms with E-state index in [0.717, 1.165) is 23.3 Å². The summed E-state index contributed by atoms with van der Waals surface area (Å²) in [4.78, 5) is 18.2. The Morgan fingerprint density at radius 3 is 2.68 bits per heavy atom. The zero-order chi connectivity index (χ0) is 17.7. The number of hydrogen-bond donors (Lipinski definition) is 1. The Morgan fingerprint density at radius 1 is 1.24 bits per heavy atom. The van der Waals surface area contributed by atoms with E-state index in [1.165, 1.54) is 0 Å². The lowest BCUT2D eigenvalue weighted by Gasteiger charge is -2.39. The molecule has 1 atom stereocenters. The first-order valence-electron chi connectivity index (χ1n) is 8.63. The molecule has 1 aromatic heterocycles. The smallest absolute Gasteiger partial charge is 0.227 e. The second-order valence-corrected chi connectivity index (χ2v) is 6.78. The van der Waals surface area contributed by atoms with Gasteiger partial charge in [-0.15, -0.1) is 0 Å². The molecule has 0 bridgehead atoms. The number of aryl methyl sites for hydroxylation is 1. The minimum absolute atomic E-state index is 0.0275. The average Bonchev–Trinajstić information content (AvgIpc) is 2.62. The van der Waals surface area contributed by atoms with Crippen LogP contribution < -0.4 is 4.74 Å². The predicted molar refractivity (Wildman–Crippen MR) is 95.4 cm³/mol. The normalized spacial score (nSPS) is 20.3. The van der Waals surface area contributed by atoms with Crippen LogP contribution in [-0.4, -0.2) is 46.2 Å². The maximum Gasteiger partial charge on any atom is 0.227 e. The van der Waals surface area contributed by atoms with Gasteiger partial charge in [-0.1, -0.05) is 17.7 Å². The minimum atomic E-state index is -1.00. The molecule has 0 spiro atoms. The van der Waals surface area contributed by atoms with E-state index in [2.05, 4.69) is 4.98 Å². The highest BCUT2D eigenvalue weighted by Gasteiger charge is 2.36. The minimum Gasteiger partial charge on any atom is -0.491 e. The summed E-state index contributed by atoms with van der Waals surface area (Å²) in [7, 11) is 0. The molecule has 2 aromatic rings. The van der Waals surface area contributed by atoms with Crippen molar-refractivity contribution < 1.29 is 14.6 Å². The molecule has 1 N–H and O–H groups in total. The standard InChI is InChI=1S/C20H24N2O3/c1-16-3-5-18(6-4-16)25-15-20(24)9-2-12-22(14-20)19(23)13-17-7-10-21-11-8-17/h3-8,10-11,24H,2,9,12-15H2,1H3/t20-/m0/s1. The third-order valence-electron chi connectivity index (χ3n) is 4.54. The van der Waals surface area contributed by atoms with Crippen molar-refractivity contribution in [3.8, 4) is 5.75 Å². The molecule has 3 rings (SSSR count). The summed E-state index contributed by atoms with van der Waals surface area (Å²) in [5.41, 5.74) is 1.10. The number of rotatable bonds is 5. The molecule has 0 unspecified atom stereocenters. The molecule has 5 nitrogen and oxygen atoms in total. The third kappa shape index (κ3) is 4.79. The number of nitrogens with zero attached hydrogens (tertiary/aromatic N) is 2. The molecule has 1 aliphatic rings. The van der Waals surface area contributed by atoms with Crippen molar-refractivity contribution in [1.29, 1.82) is 0 Å². The van der Waals surface area contributed by atoms with E-state index in [-0.39, 0.29) is 12.5 Å². The SMILES string of the molecule is Cc1ccc(OC[C@]2(O)CCCN(C(=O)Cc3ccncc3)C2)cc1. The fourth-order valence-corrected chi connectivity index (χ4v) is 3.08. The molecular weight excluding hydrogens is 316 g/mol. The summed E-state index contributed by atoms with van der Waals surface area (Å²) < 4.78 is 5.75. The van der Waals surface area contributed by atoms with Gasteiger partial charge in [0.2, 0.25) is 5.91 Å². The van der Waals surface area contributed by atoms with Crippen molar-refractivity contribution in [1.82, 2.24) is 9.88 Å². The molecule has 1 aromatic carbocycles. The van der Waals surface area contributed by atoms with Gasteiger partial charge >= 0.3 is 0 Å². The van der Waals surface area contributed by atoms with Crippen LogP contribution in [-0.2, 0) is 11.2 Å². The number of aromatic nitrogens is 1. The number of likely N-dealkylation sites (tertiary alicyclic amines) is 1. The second kappa shape index (κ2) is 7.66. The number of amides is 1. The van der Waals surface area contributed by atoms with Crippen molar-refractivity contribution >= 4 is 5.91 Å². The fraction of sp³-hybridized carbons (Fsp3) is 0.400. The first-order chi connectivity index (χ1) is 12.0. The number of piperidine rings is 1. The molecule has 1 amide bonds. The van der Waals surface area contributed by atoms with Gasteiger partial charge in [-0.2, -0.15) is 0 Å². The van der Waals surface area contributed by atoms with Crippen LogP contribution in [0.1, 0.15) is 24.0 Å². The summed E-state index contributed by atoms with van der Waals surface area (Å²) in [5, 5.41) is 10.8. The summed E-state index contributed by atoms with van der Waals surface area (Å²) in [6, 6.07) is 11.4. The van der Waals surface area contributed by atoms with Crippen LogP contribution in [0.25, 0.3) is 0 Å². The number of ether oxygens (including phenoxy) is 1. The molecule has 5 heteroatoms. The van der Waals surface area contributed by atoms with E-state index in [4.69, 9.17) is 4.74 Å². The first-order valence-corrected chi connectivity index (χ1v) is 8.63. The number of pyridine rings is 1. The predicted octanol–water partition coefficient (Wildman–Crippen LogP) is 2.37. The van der Waals surface area contributed by atoms with E-state index in [1.807, 2.05) is 43.3 Å². The lowest BCUT2D eigenvalue weighted by molar-refractivity contribution is -0.139. The maximum atomic E-state index is 12.5. The lowest BCUT2D eigenvalue weighted by Crippen LogP contribution is -2.53. The summed E-state index contributed by atoms with van der Waals surface area (Å²) in [5.74, 6) is 0.763. The lowest BCUT2D eigenvalue weighted by atomic mass is 9.93. The van der Waals surface area contributed by atoms with Gasteiger partial charge in [0.25, 0.3) is 0 Å². The van der Waals surface area contributed by atoms with Crippen LogP contribution in [0.5, 0.6) is 5.75 Å². The van der Waals surface area contributed by atoms with Gasteiger partial charge < -0.3 is 14.7 Å². The van der Waals surface area contributed by atoms with Crippen LogP contribution in [0.2, 0.25) is 0 Å². The van der Waals surface area contributed by atoms with Gasteiger partial charge in [0, 0.05) is 18.9 Å². The topological polar surface area (TPSA) is 62.7 Å². The molecule has 1 saturated heterocycles. The number of benzene rings is 1. The molecule has 1 aliphatic heterocycles. The molecule has 0 aliphatic carbocycles. The van der Waals surface area contributed by atoms with Crippen LogP contribution >= 0.6 is 0 Å². The Bertz CT molecular complexity index is 703. The molecule has 1 fully saturated rings. The number of carbonyl (C=O) groups is 1. The van der Waals surface area contributed by atoms with Gasteiger partial charge in [-0.05, 0) is 49.6 Å². The highest BCUT2D eigenvalue weighted by molar-refractivity contribution is 5.78. The molecular formula is C20H24N2O3. The van der Waals surface area contributed by atoms with E-state index < -0.39 is 5.60 Å². The second-order valence-electron chi connectivity index (χ2n) is 6.78. The van der Waals surface area contributed by atoms with Gasteiger partial charge in [0.1, 0.15) is 18.0 Å². The maximum absolute atomic E-state index is 12.5. The molecule has 25 heavy (non-hydrogen) atoms. The van der Waals surface area contributed by atoms with E-state index >= 15 is 0 Å². The van der Waals surface area contributed by atoms with E-state index in [1.54, 1.807) is 17.3 Å². The van der Waals surface area contributed by atoms with Gasteiger partial charge in [-0.25, -0.2) is 0 Å². The van der Waals surface area contributed by atoms with Crippen LogP contribution in [0, 0.1) is 6.92 Å². The Kier molecular flexibility index (Phi) is 5.34. The van der Waals surface area contributed by atoms with Crippen molar-refractivity contribution in [2.45, 2.75) is 31.8 Å². The summed E-state index contributed by atoms with van der Waals surface area (Å²) in [6.45, 7) is 3.19. The number of carbonyl (C=O) groups excluding carboxylic acids is 1. The summed E-state index contributed by atoms with van der Waals surface area (Å²) in [6.07, 6.45) is 5.11. The van der Waals surface area contributed by atoms with Crippen molar-refractivity contribution in [3.05, 3.63) is 59.9 Å². The van der Waals surface area contributed by atoms with Crippen molar-refractivity contribution in [2.24, 2.45) is 0 Å². The zero-order valence-corrected chi connectivity index (χ0v) is 14.5. The van der Waals surface area contributed by atoms with E-state index in [9.17, 15) is 9.90 Å². The number of β-amino-alcohol motifs (C(OH)–C–C–N with tert-alkyl or cyclic N) is 1. The Morgan fingerprint density at radius 2 is 1.96 bits per heavy atom. The van der Waals surface area contributed by atoms with Gasteiger partial charge in [-0.3, -0.25) is 9.78 Å². The highest BCUT2D eigenvalue weighted by Crippen LogP contribution is 2.23. The Balaban J connectivity index is 1.57. The van der Waals surface area contributed by atoms with Crippen LogP contribution in [0.15, 0.2) is 48.8 Å². The van der Waals surface area contributed by atoms with Crippen molar-refractivity contribution in [2.75, 3.05) is 19.7 Å². The third-order valence-corrected chi connectivity index (χ3v) is 4.54. The molecule has 132 valence electrons. The number of aliphatic hydroxyl groups is 1. The Labute approximate surface area is 148 Å². The average molecular weight is 340 g/mol. The largest absolute Gasteiger partial charge is 0.491 e. The quantitative estimate of drug-likeness (QED) is 0.908. The number of hydrogen-bond acceptors (Lipinski definition) is 4. The fourth-order valence-electron chi connectivity index (χ4n) is 3.08. The van der Waals surface area contributed by atoms with Crippen molar-refractivity contribution in [3.63, 3.8) is 0 Å². The molecule has 0 saturated carbocycles. The highest BCUT2D eigenvalue weighted by atomic mass is 16.5. The van der Waals surface area contributed by atoms with Gasteiger partial charge in [0.05, 0.1) is 13.0 Å². The monoisotopic (exact) mass is 340 g/mol. The first kappa shape index (κ1) is 17.4. The van der Waals surface area contributed by atoms with Gasteiger partial charge in [0.15, 0.2) is 0 Å².